The van der Waals surface area contributed by atoms with Crippen LogP contribution < -0.4 is 0 Å². The summed E-state index contributed by atoms with van der Waals surface area (Å²) >= 11 is 0. The Balaban J connectivity index is 1.66. The fourth-order valence-electron chi connectivity index (χ4n) is 4.01. The van der Waals surface area contributed by atoms with E-state index in [1.807, 2.05) is 30.1 Å². The molecule has 1 aromatic carbocycles. The van der Waals surface area contributed by atoms with Gasteiger partial charge in [-0.1, -0.05) is 30.3 Å². The first-order valence-corrected chi connectivity index (χ1v) is 8.76. The molecule has 2 saturated heterocycles. The Morgan fingerprint density at radius 2 is 1.87 bits per heavy atom. The van der Waals surface area contributed by atoms with Crippen LogP contribution in [0.2, 0.25) is 0 Å². The maximum absolute atomic E-state index is 12.7. The lowest BCUT2D eigenvalue weighted by atomic mass is 9.92. The van der Waals surface area contributed by atoms with Crippen molar-refractivity contribution in [1.82, 2.24) is 9.80 Å². The molecule has 2 aliphatic heterocycles. The summed E-state index contributed by atoms with van der Waals surface area (Å²) in [6.07, 6.45) is 5.85. The first-order chi connectivity index (χ1) is 11.2. The molecule has 4 nitrogen and oxygen atoms in total. The molecule has 2 fully saturated rings. The van der Waals surface area contributed by atoms with Crippen molar-refractivity contribution >= 4 is 11.8 Å². The maximum Gasteiger partial charge on any atom is 0.223 e. The maximum atomic E-state index is 12.7. The number of likely N-dealkylation sites (tertiary alicyclic amines) is 2. The van der Waals surface area contributed by atoms with E-state index in [4.69, 9.17) is 0 Å². The topological polar surface area (TPSA) is 40.6 Å². The molecule has 0 aromatic heterocycles. The number of hydrogen-bond acceptors (Lipinski definition) is 2. The van der Waals surface area contributed by atoms with Gasteiger partial charge in [0, 0.05) is 26.4 Å². The van der Waals surface area contributed by atoms with Gasteiger partial charge in [0.1, 0.15) is 0 Å². The number of amides is 2. The van der Waals surface area contributed by atoms with Crippen LogP contribution in [0.15, 0.2) is 30.3 Å². The molecule has 2 heterocycles. The van der Waals surface area contributed by atoms with Crippen LogP contribution in [-0.4, -0.2) is 47.3 Å². The highest BCUT2D eigenvalue weighted by Crippen LogP contribution is 2.29. The summed E-state index contributed by atoms with van der Waals surface area (Å²) in [7, 11) is 1.91. The average Bonchev–Trinajstić information content (AvgIpc) is 2.73. The second-order valence-electron chi connectivity index (χ2n) is 6.75. The minimum atomic E-state index is 0.208. The van der Waals surface area contributed by atoms with Gasteiger partial charge in [-0.3, -0.25) is 9.59 Å². The van der Waals surface area contributed by atoms with E-state index in [0.717, 1.165) is 38.6 Å². The predicted octanol–water partition coefficient (Wildman–Crippen LogP) is 2.62. The first-order valence-electron chi connectivity index (χ1n) is 8.76. The molecule has 124 valence electrons. The van der Waals surface area contributed by atoms with Crippen LogP contribution in [0.4, 0.5) is 0 Å². The molecular formula is C19H26N2O2. The zero-order chi connectivity index (χ0) is 16.2. The summed E-state index contributed by atoms with van der Waals surface area (Å²) in [5.41, 5.74) is 1.21. The van der Waals surface area contributed by atoms with Crippen molar-refractivity contribution in [1.29, 1.82) is 0 Å². The number of fused-ring (bicyclic) bond motifs is 1. The van der Waals surface area contributed by atoms with Gasteiger partial charge in [0.2, 0.25) is 11.8 Å². The van der Waals surface area contributed by atoms with Crippen LogP contribution in [0.5, 0.6) is 0 Å². The zero-order valence-corrected chi connectivity index (χ0v) is 13.9. The molecule has 2 aliphatic rings. The largest absolute Gasteiger partial charge is 0.341 e. The van der Waals surface area contributed by atoms with E-state index in [1.165, 1.54) is 5.56 Å². The van der Waals surface area contributed by atoms with Gasteiger partial charge in [0.25, 0.3) is 0 Å². The van der Waals surface area contributed by atoms with Crippen LogP contribution in [0.25, 0.3) is 0 Å². The van der Waals surface area contributed by atoms with E-state index in [0.29, 0.717) is 12.8 Å². The molecule has 0 radical (unpaired) electrons. The lowest BCUT2D eigenvalue weighted by Gasteiger charge is -2.43. The molecular weight excluding hydrogens is 288 g/mol. The molecule has 0 bridgehead atoms. The Morgan fingerprint density at radius 3 is 2.65 bits per heavy atom. The van der Waals surface area contributed by atoms with E-state index >= 15 is 0 Å². The number of aryl methyl sites for hydroxylation is 1. The van der Waals surface area contributed by atoms with Crippen LogP contribution in [0.3, 0.4) is 0 Å². The fraction of sp³-hybridized carbons (Fsp3) is 0.579. The molecule has 0 unspecified atom stereocenters. The second kappa shape index (κ2) is 7.16. The normalized spacial score (nSPS) is 25.0. The van der Waals surface area contributed by atoms with Gasteiger partial charge in [-0.25, -0.2) is 0 Å². The smallest absolute Gasteiger partial charge is 0.223 e. The molecule has 3 rings (SSSR count). The third kappa shape index (κ3) is 3.57. The Hall–Kier alpha value is -1.84. The standard InChI is InChI=1S/C19H26N2O2/c1-20-16-10-6-14-21(17(16)9-5-11-18(20)22)19(23)13-12-15-7-3-2-4-8-15/h2-4,7-8,16-17H,5-6,9-14H2,1H3/t16-,17-/m1/s1. The molecule has 23 heavy (non-hydrogen) atoms. The Morgan fingerprint density at radius 1 is 1.13 bits per heavy atom. The van der Waals surface area contributed by atoms with Crippen LogP contribution in [0.1, 0.15) is 44.1 Å². The lowest BCUT2D eigenvalue weighted by molar-refractivity contribution is -0.141. The number of carbonyl (C=O) groups excluding carboxylic acids is 2. The Labute approximate surface area is 138 Å². The number of carbonyl (C=O) groups is 2. The highest BCUT2D eigenvalue weighted by molar-refractivity contribution is 5.79. The van der Waals surface area contributed by atoms with Gasteiger partial charge in [-0.15, -0.1) is 0 Å². The van der Waals surface area contributed by atoms with Crippen molar-refractivity contribution < 1.29 is 9.59 Å². The highest BCUT2D eigenvalue weighted by Gasteiger charge is 2.38. The fourth-order valence-corrected chi connectivity index (χ4v) is 4.01. The van der Waals surface area contributed by atoms with Crippen molar-refractivity contribution in [3.63, 3.8) is 0 Å². The van der Waals surface area contributed by atoms with Gasteiger partial charge in [-0.05, 0) is 37.7 Å². The number of hydrogen-bond donors (Lipinski definition) is 0. The summed E-state index contributed by atoms with van der Waals surface area (Å²) in [6, 6.07) is 10.6. The summed E-state index contributed by atoms with van der Waals surface area (Å²) in [5, 5.41) is 0. The summed E-state index contributed by atoms with van der Waals surface area (Å²) in [6.45, 7) is 0.844. The minimum absolute atomic E-state index is 0.208. The molecule has 0 spiro atoms. The Kier molecular flexibility index (Phi) is 4.99. The molecule has 2 atom stereocenters. The third-order valence-corrected chi connectivity index (χ3v) is 5.32. The average molecular weight is 314 g/mol. The number of rotatable bonds is 3. The van der Waals surface area contributed by atoms with E-state index < -0.39 is 0 Å². The zero-order valence-electron chi connectivity index (χ0n) is 13.9. The highest BCUT2D eigenvalue weighted by atomic mass is 16.2. The minimum Gasteiger partial charge on any atom is -0.341 e. The quantitative estimate of drug-likeness (QED) is 0.860. The first kappa shape index (κ1) is 16.0. The summed E-state index contributed by atoms with van der Waals surface area (Å²) < 4.78 is 0. The molecule has 4 heteroatoms. The van der Waals surface area contributed by atoms with Gasteiger partial charge in [0.05, 0.1) is 12.1 Å². The van der Waals surface area contributed by atoms with E-state index in [-0.39, 0.29) is 23.9 Å². The summed E-state index contributed by atoms with van der Waals surface area (Å²) in [4.78, 5) is 28.8. The molecule has 2 amide bonds. The Bertz CT molecular complexity index is 558. The second-order valence-corrected chi connectivity index (χ2v) is 6.75. The summed E-state index contributed by atoms with van der Waals surface area (Å²) in [5.74, 6) is 0.474. The predicted molar refractivity (Wildman–Crippen MR) is 89.9 cm³/mol. The number of likely N-dealkylation sites (N-methyl/N-ethyl adjacent to an activating group) is 1. The molecule has 0 N–H and O–H groups in total. The van der Waals surface area contributed by atoms with Crippen molar-refractivity contribution in [3.05, 3.63) is 35.9 Å². The van der Waals surface area contributed by atoms with Crippen molar-refractivity contribution in [3.8, 4) is 0 Å². The van der Waals surface area contributed by atoms with Gasteiger partial charge < -0.3 is 9.80 Å². The van der Waals surface area contributed by atoms with Crippen molar-refractivity contribution in [2.45, 2.75) is 57.0 Å². The molecule has 0 aliphatic carbocycles. The monoisotopic (exact) mass is 314 g/mol. The van der Waals surface area contributed by atoms with E-state index in [1.54, 1.807) is 0 Å². The van der Waals surface area contributed by atoms with E-state index in [9.17, 15) is 9.59 Å². The van der Waals surface area contributed by atoms with Crippen LogP contribution in [-0.2, 0) is 16.0 Å². The van der Waals surface area contributed by atoms with Crippen molar-refractivity contribution in [2.75, 3.05) is 13.6 Å². The molecule has 1 aromatic rings. The lowest BCUT2D eigenvalue weighted by Crippen LogP contribution is -2.56. The third-order valence-electron chi connectivity index (χ3n) is 5.32. The SMILES string of the molecule is CN1C(=O)CCC[C@@H]2[C@H]1CCCN2C(=O)CCc1ccccc1. The van der Waals surface area contributed by atoms with Crippen LogP contribution in [0, 0.1) is 0 Å². The van der Waals surface area contributed by atoms with Gasteiger partial charge in [-0.2, -0.15) is 0 Å². The number of benzene rings is 1. The van der Waals surface area contributed by atoms with Gasteiger partial charge in [0.15, 0.2) is 0 Å². The van der Waals surface area contributed by atoms with E-state index in [2.05, 4.69) is 17.0 Å². The number of piperidine rings is 1. The van der Waals surface area contributed by atoms with Gasteiger partial charge >= 0.3 is 0 Å². The number of nitrogens with zero attached hydrogens (tertiary/aromatic N) is 2. The van der Waals surface area contributed by atoms with Crippen molar-refractivity contribution in [2.24, 2.45) is 0 Å². The van der Waals surface area contributed by atoms with Crippen LogP contribution >= 0.6 is 0 Å². The molecule has 0 saturated carbocycles.